The van der Waals surface area contributed by atoms with Crippen molar-refractivity contribution in [2.24, 2.45) is 4.40 Å². The first-order valence-electron chi connectivity index (χ1n) is 11.4. The van der Waals surface area contributed by atoms with Crippen LogP contribution >= 0.6 is 23.4 Å². The number of rotatable bonds is 8. The van der Waals surface area contributed by atoms with Gasteiger partial charge in [-0.3, -0.25) is 9.69 Å². The lowest BCUT2D eigenvalue weighted by Gasteiger charge is -2.12. The summed E-state index contributed by atoms with van der Waals surface area (Å²) >= 11 is 7.26. The van der Waals surface area contributed by atoms with Gasteiger partial charge in [0.25, 0.3) is 15.9 Å². The summed E-state index contributed by atoms with van der Waals surface area (Å²) in [5.41, 5.74) is 2.45. The Hall–Kier alpha value is -3.27. The molecule has 1 heterocycles. The van der Waals surface area contributed by atoms with E-state index in [1.807, 2.05) is 25.1 Å². The van der Waals surface area contributed by atoms with Crippen molar-refractivity contribution in [3.8, 4) is 11.5 Å². The highest BCUT2D eigenvalue weighted by Crippen LogP contribution is 2.36. The molecule has 0 N–H and O–H groups in total. The number of sulfonamides is 1. The number of nitrogens with zero attached hydrogens (tertiary/aromatic N) is 2. The summed E-state index contributed by atoms with van der Waals surface area (Å²) in [4.78, 5) is 14.8. The quantitative estimate of drug-likeness (QED) is 0.320. The van der Waals surface area contributed by atoms with Crippen LogP contribution in [0.4, 0.5) is 0 Å². The zero-order chi connectivity index (χ0) is 26.6. The normalized spacial score (nSPS) is 16.0. The molecule has 10 heteroatoms. The third-order valence-electron chi connectivity index (χ3n) is 5.55. The van der Waals surface area contributed by atoms with E-state index in [0.717, 1.165) is 22.9 Å². The number of methoxy groups -OCH3 is 1. The molecule has 0 radical (unpaired) electrons. The average molecular weight is 557 g/mol. The Bertz CT molecular complexity index is 1480. The molecule has 1 amide bonds. The number of likely N-dealkylation sites (N-methyl/N-ethyl adjacent to an activating group) is 1. The molecule has 0 saturated carbocycles. The van der Waals surface area contributed by atoms with Crippen LogP contribution in [0.1, 0.15) is 23.6 Å². The van der Waals surface area contributed by atoms with Gasteiger partial charge in [0.2, 0.25) is 0 Å². The number of amides is 1. The Balaban J connectivity index is 1.61. The van der Waals surface area contributed by atoms with E-state index in [-0.39, 0.29) is 29.1 Å². The molecule has 1 aliphatic rings. The van der Waals surface area contributed by atoms with Gasteiger partial charge in [-0.2, -0.15) is 8.42 Å². The number of halogens is 1. The molecule has 3 aromatic rings. The summed E-state index contributed by atoms with van der Waals surface area (Å²) in [6.45, 7) is 4.15. The fourth-order valence-electron chi connectivity index (χ4n) is 3.54. The van der Waals surface area contributed by atoms with Crippen LogP contribution in [-0.4, -0.2) is 38.0 Å². The maximum absolute atomic E-state index is 13.1. The van der Waals surface area contributed by atoms with Crippen LogP contribution in [0, 0.1) is 6.92 Å². The van der Waals surface area contributed by atoms with E-state index >= 15 is 0 Å². The first-order chi connectivity index (χ1) is 17.7. The summed E-state index contributed by atoms with van der Waals surface area (Å²) in [6, 6.07) is 19.1. The molecule has 3 aromatic carbocycles. The van der Waals surface area contributed by atoms with Gasteiger partial charge in [0, 0.05) is 17.1 Å². The van der Waals surface area contributed by atoms with Crippen molar-refractivity contribution in [2.75, 3.05) is 13.7 Å². The Morgan fingerprint density at radius 3 is 2.46 bits per heavy atom. The van der Waals surface area contributed by atoms with Crippen molar-refractivity contribution >= 4 is 50.5 Å². The number of amidine groups is 1. The minimum absolute atomic E-state index is 0.0718. The molecule has 1 aliphatic heterocycles. The molecule has 0 aromatic heterocycles. The highest BCUT2D eigenvalue weighted by atomic mass is 35.5. The Labute approximate surface area is 225 Å². The van der Waals surface area contributed by atoms with Crippen LogP contribution in [0.25, 0.3) is 6.08 Å². The summed E-state index contributed by atoms with van der Waals surface area (Å²) < 4.78 is 41.1. The Kier molecular flexibility index (Phi) is 8.26. The van der Waals surface area contributed by atoms with Crippen molar-refractivity contribution in [1.82, 2.24) is 4.90 Å². The van der Waals surface area contributed by atoms with Gasteiger partial charge in [-0.15, -0.1) is 4.40 Å². The highest BCUT2D eigenvalue weighted by Gasteiger charge is 2.34. The third kappa shape index (κ3) is 6.18. The molecule has 7 nitrogen and oxygen atoms in total. The minimum Gasteiger partial charge on any atom is -0.493 e. The molecule has 0 aliphatic carbocycles. The van der Waals surface area contributed by atoms with E-state index in [4.69, 9.17) is 21.1 Å². The van der Waals surface area contributed by atoms with E-state index in [1.54, 1.807) is 56.5 Å². The standard InChI is InChI=1S/C27H25ClN2O5S2/c1-4-30-26(31)25(36-27(30)29-37(32,33)21-12-9-18(2)10-13-21)16-19-11-14-23(34-3)24(15-19)35-17-20-7-5-6-8-22(20)28/h5-16H,4,17H2,1-3H3/b25-16-,29-27+. The van der Waals surface area contributed by atoms with E-state index < -0.39 is 10.0 Å². The van der Waals surface area contributed by atoms with Crippen molar-refractivity contribution in [3.63, 3.8) is 0 Å². The van der Waals surface area contributed by atoms with E-state index in [1.165, 1.54) is 17.0 Å². The molecular formula is C27H25ClN2O5S2. The van der Waals surface area contributed by atoms with Crippen LogP contribution in [0.15, 0.2) is 80.9 Å². The topological polar surface area (TPSA) is 85.3 Å². The molecule has 37 heavy (non-hydrogen) atoms. The van der Waals surface area contributed by atoms with Gasteiger partial charge in [-0.05, 0) is 67.6 Å². The highest BCUT2D eigenvalue weighted by molar-refractivity contribution is 8.19. The van der Waals surface area contributed by atoms with Crippen LogP contribution in [0.2, 0.25) is 5.02 Å². The van der Waals surface area contributed by atoms with Gasteiger partial charge < -0.3 is 9.47 Å². The first kappa shape index (κ1) is 26.8. The van der Waals surface area contributed by atoms with Gasteiger partial charge in [0.15, 0.2) is 16.7 Å². The molecule has 0 spiro atoms. The van der Waals surface area contributed by atoms with Crippen molar-refractivity contribution in [1.29, 1.82) is 0 Å². The maximum Gasteiger partial charge on any atom is 0.284 e. The molecule has 0 unspecified atom stereocenters. The average Bonchev–Trinajstić information content (AvgIpc) is 3.16. The number of thioether (sulfide) groups is 1. The smallest absolute Gasteiger partial charge is 0.284 e. The van der Waals surface area contributed by atoms with E-state index in [2.05, 4.69) is 4.40 Å². The largest absolute Gasteiger partial charge is 0.493 e. The molecule has 1 saturated heterocycles. The lowest BCUT2D eigenvalue weighted by molar-refractivity contribution is -0.122. The zero-order valence-electron chi connectivity index (χ0n) is 20.5. The van der Waals surface area contributed by atoms with Crippen molar-refractivity contribution in [2.45, 2.75) is 25.3 Å². The van der Waals surface area contributed by atoms with E-state index in [0.29, 0.717) is 27.0 Å². The summed E-state index contributed by atoms with van der Waals surface area (Å²) in [5.74, 6) is 0.691. The number of benzene rings is 3. The Morgan fingerprint density at radius 1 is 1.05 bits per heavy atom. The van der Waals surface area contributed by atoms with Crippen molar-refractivity contribution in [3.05, 3.63) is 93.3 Å². The molecule has 192 valence electrons. The van der Waals surface area contributed by atoms with Gasteiger partial charge in [0.1, 0.15) is 6.61 Å². The number of carbonyl (C=O) groups is 1. The summed E-state index contributed by atoms with van der Waals surface area (Å²) in [5, 5.41) is 0.711. The van der Waals surface area contributed by atoms with Gasteiger partial charge in [0.05, 0.1) is 16.9 Å². The molecule has 0 atom stereocenters. The van der Waals surface area contributed by atoms with Crippen LogP contribution in [0.5, 0.6) is 11.5 Å². The van der Waals surface area contributed by atoms with Crippen molar-refractivity contribution < 1.29 is 22.7 Å². The number of carbonyl (C=O) groups excluding carboxylic acids is 1. The van der Waals surface area contributed by atoms with Gasteiger partial charge in [-0.1, -0.05) is 53.6 Å². The number of hydrogen-bond acceptors (Lipinski definition) is 6. The third-order valence-corrected chi connectivity index (χ3v) is 8.32. The first-order valence-corrected chi connectivity index (χ1v) is 14.0. The van der Waals surface area contributed by atoms with Gasteiger partial charge >= 0.3 is 0 Å². The molecular weight excluding hydrogens is 532 g/mol. The second kappa shape index (κ2) is 11.4. The maximum atomic E-state index is 13.1. The lowest BCUT2D eigenvalue weighted by atomic mass is 10.1. The lowest BCUT2D eigenvalue weighted by Crippen LogP contribution is -2.29. The minimum atomic E-state index is -3.98. The number of ether oxygens (including phenoxy) is 2. The SMILES string of the molecule is CCN1C(=O)/C(=C/c2ccc(OC)c(OCc3ccccc3Cl)c2)S/C1=N/S(=O)(=O)c1ccc(C)cc1. The molecule has 4 rings (SSSR count). The van der Waals surface area contributed by atoms with Crippen LogP contribution < -0.4 is 9.47 Å². The predicted molar refractivity (Wildman–Crippen MR) is 148 cm³/mol. The Morgan fingerprint density at radius 2 is 1.78 bits per heavy atom. The van der Waals surface area contributed by atoms with Crippen LogP contribution in [-0.2, 0) is 21.4 Å². The summed E-state index contributed by atoms with van der Waals surface area (Å²) in [7, 11) is -2.43. The number of aryl methyl sites for hydroxylation is 1. The molecule has 0 bridgehead atoms. The van der Waals surface area contributed by atoms with Gasteiger partial charge in [-0.25, -0.2) is 0 Å². The predicted octanol–water partition coefficient (Wildman–Crippen LogP) is 5.92. The fraction of sp³-hybridized carbons (Fsp3) is 0.185. The van der Waals surface area contributed by atoms with E-state index in [9.17, 15) is 13.2 Å². The zero-order valence-corrected chi connectivity index (χ0v) is 22.9. The molecule has 1 fully saturated rings. The number of hydrogen-bond donors (Lipinski definition) is 0. The van der Waals surface area contributed by atoms with Crippen LogP contribution in [0.3, 0.4) is 0 Å². The fourth-order valence-corrected chi connectivity index (χ4v) is 5.97. The second-order valence-corrected chi connectivity index (χ2v) is 11.1. The monoisotopic (exact) mass is 556 g/mol. The second-order valence-electron chi connectivity index (χ2n) is 8.11. The summed E-state index contributed by atoms with van der Waals surface area (Å²) in [6.07, 6.45) is 1.68.